The third-order valence-corrected chi connectivity index (χ3v) is 4.66. The van der Waals surface area contributed by atoms with Gasteiger partial charge in [0.2, 0.25) is 0 Å². The molecule has 0 spiro atoms. The van der Waals surface area contributed by atoms with Gasteiger partial charge in [0.1, 0.15) is 5.72 Å². The Morgan fingerprint density at radius 1 is 1.25 bits per heavy atom. The molecule has 104 valence electrons. The number of halogens is 1. The van der Waals surface area contributed by atoms with Gasteiger partial charge in [-0.05, 0) is 30.7 Å². The molecule has 1 aromatic carbocycles. The monoisotopic (exact) mass is 332 g/mol. The summed E-state index contributed by atoms with van der Waals surface area (Å²) in [4.78, 5) is 6.45. The second kappa shape index (κ2) is 5.64. The van der Waals surface area contributed by atoms with Crippen LogP contribution in [0.25, 0.3) is 0 Å². The lowest BCUT2D eigenvalue weighted by atomic mass is 10.0. The first-order chi connectivity index (χ1) is 9.70. The van der Waals surface area contributed by atoms with Crippen LogP contribution in [0.5, 0.6) is 0 Å². The van der Waals surface area contributed by atoms with Crippen LogP contribution in [-0.2, 0) is 17.0 Å². The summed E-state index contributed by atoms with van der Waals surface area (Å²) in [7, 11) is 0. The molecule has 1 aromatic heterocycles. The van der Waals surface area contributed by atoms with Crippen molar-refractivity contribution in [3.63, 3.8) is 0 Å². The number of ether oxygens (including phenoxy) is 1. The third kappa shape index (κ3) is 2.51. The van der Waals surface area contributed by atoms with Gasteiger partial charge in [0.15, 0.2) is 0 Å². The average molecular weight is 333 g/mol. The van der Waals surface area contributed by atoms with E-state index in [4.69, 9.17) is 4.74 Å². The summed E-state index contributed by atoms with van der Waals surface area (Å²) in [6, 6.07) is 12.4. The molecule has 0 bridgehead atoms. The first-order valence-electron chi connectivity index (χ1n) is 6.73. The van der Waals surface area contributed by atoms with Gasteiger partial charge >= 0.3 is 0 Å². The van der Waals surface area contributed by atoms with Gasteiger partial charge in [0.25, 0.3) is 0 Å². The number of benzene rings is 1. The third-order valence-electron chi connectivity index (χ3n) is 3.88. The van der Waals surface area contributed by atoms with Crippen LogP contribution >= 0.6 is 15.9 Å². The van der Waals surface area contributed by atoms with Gasteiger partial charge in [-0.2, -0.15) is 0 Å². The molecule has 1 aliphatic heterocycles. The zero-order valence-electron chi connectivity index (χ0n) is 11.4. The Labute approximate surface area is 127 Å². The minimum atomic E-state index is -0.377. The number of nitrogens with zero attached hydrogens (tertiary/aromatic N) is 2. The molecule has 0 aliphatic carbocycles. The maximum Gasteiger partial charge on any atom is 0.145 e. The lowest BCUT2D eigenvalue weighted by molar-refractivity contribution is -0.0766. The van der Waals surface area contributed by atoms with E-state index in [0.717, 1.165) is 29.7 Å². The fourth-order valence-electron chi connectivity index (χ4n) is 2.65. The molecule has 2 aromatic rings. The van der Waals surface area contributed by atoms with E-state index in [2.05, 4.69) is 50.9 Å². The first kappa shape index (κ1) is 13.7. The highest BCUT2D eigenvalue weighted by molar-refractivity contribution is 9.10. The quantitative estimate of drug-likeness (QED) is 0.859. The minimum absolute atomic E-state index is 0.377. The molecule has 1 unspecified atom stereocenters. The van der Waals surface area contributed by atoms with Crippen LogP contribution in [0.3, 0.4) is 0 Å². The zero-order valence-corrected chi connectivity index (χ0v) is 13.0. The lowest BCUT2D eigenvalue weighted by Gasteiger charge is -2.34. The average Bonchev–Trinajstić information content (AvgIpc) is 2.85. The molecule has 1 aliphatic rings. The van der Waals surface area contributed by atoms with E-state index < -0.39 is 0 Å². The van der Waals surface area contributed by atoms with Crippen LogP contribution < -0.4 is 0 Å². The second-order valence-corrected chi connectivity index (χ2v) is 5.93. The van der Waals surface area contributed by atoms with E-state index in [0.29, 0.717) is 0 Å². The predicted octanol–water partition coefficient (Wildman–Crippen LogP) is 3.55. The molecule has 20 heavy (non-hydrogen) atoms. The van der Waals surface area contributed by atoms with Gasteiger partial charge < -0.3 is 4.74 Å². The smallest absolute Gasteiger partial charge is 0.145 e. The Morgan fingerprint density at radius 3 is 2.75 bits per heavy atom. The molecule has 3 rings (SSSR count). The molecule has 0 saturated carbocycles. The van der Waals surface area contributed by atoms with Gasteiger partial charge in [-0.1, -0.05) is 34.1 Å². The van der Waals surface area contributed by atoms with Gasteiger partial charge in [-0.15, -0.1) is 0 Å². The van der Waals surface area contributed by atoms with Gasteiger partial charge in [-0.3, -0.25) is 9.88 Å². The Hall–Kier alpha value is -1.23. The highest BCUT2D eigenvalue weighted by Gasteiger charge is 2.39. The summed E-state index contributed by atoms with van der Waals surface area (Å²) in [5, 5.41) is 0. The second-order valence-electron chi connectivity index (χ2n) is 5.08. The summed E-state index contributed by atoms with van der Waals surface area (Å²) in [6.07, 6.45) is 3.64. The lowest BCUT2D eigenvalue weighted by Crippen LogP contribution is -2.39. The van der Waals surface area contributed by atoms with Gasteiger partial charge in [0, 0.05) is 35.5 Å². The van der Waals surface area contributed by atoms with Crippen LogP contribution in [0.15, 0.2) is 53.3 Å². The number of pyridine rings is 1. The Bertz CT molecular complexity index is 590. The van der Waals surface area contributed by atoms with Gasteiger partial charge in [0.05, 0.1) is 6.61 Å². The van der Waals surface area contributed by atoms with E-state index in [1.54, 1.807) is 0 Å². The Kier molecular flexibility index (Phi) is 3.87. The van der Waals surface area contributed by atoms with Crippen LogP contribution in [-0.4, -0.2) is 23.0 Å². The zero-order chi connectivity index (χ0) is 14.0. The number of hydrogen-bond donors (Lipinski definition) is 0. The molecule has 1 fully saturated rings. The molecule has 0 amide bonds. The van der Waals surface area contributed by atoms with Crippen LogP contribution in [0, 0.1) is 0 Å². The molecule has 1 saturated heterocycles. The van der Waals surface area contributed by atoms with Crippen molar-refractivity contribution >= 4 is 15.9 Å². The Balaban J connectivity index is 1.88. The van der Waals surface area contributed by atoms with Crippen molar-refractivity contribution in [1.29, 1.82) is 0 Å². The van der Waals surface area contributed by atoms with Crippen molar-refractivity contribution in [3.05, 3.63) is 64.4 Å². The van der Waals surface area contributed by atoms with Crippen LogP contribution in [0.2, 0.25) is 0 Å². The summed E-state index contributed by atoms with van der Waals surface area (Å²) in [6.45, 7) is 4.68. The van der Waals surface area contributed by atoms with Crippen LogP contribution in [0.1, 0.15) is 18.1 Å². The van der Waals surface area contributed by atoms with Crippen molar-refractivity contribution in [1.82, 2.24) is 9.88 Å². The van der Waals surface area contributed by atoms with Crippen molar-refractivity contribution in [3.8, 4) is 0 Å². The fourth-order valence-corrected chi connectivity index (χ4v) is 3.06. The topological polar surface area (TPSA) is 25.4 Å². The highest BCUT2D eigenvalue weighted by Crippen LogP contribution is 2.35. The first-order valence-corrected chi connectivity index (χ1v) is 7.52. The predicted molar refractivity (Wildman–Crippen MR) is 82.1 cm³/mol. The largest absolute Gasteiger partial charge is 0.355 e. The molecular weight excluding hydrogens is 316 g/mol. The highest BCUT2D eigenvalue weighted by atomic mass is 79.9. The molecule has 0 radical (unpaired) electrons. The minimum Gasteiger partial charge on any atom is -0.355 e. The van der Waals surface area contributed by atoms with Gasteiger partial charge in [-0.25, -0.2) is 0 Å². The van der Waals surface area contributed by atoms with E-state index in [-0.39, 0.29) is 5.72 Å². The van der Waals surface area contributed by atoms with E-state index >= 15 is 0 Å². The van der Waals surface area contributed by atoms with Crippen molar-refractivity contribution in [2.75, 3.05) is 13.2 Å². The molecule has 0 N–H and O–H groups in total. The number of hydrogen-bond acceptors (Lipinski definition) is 3. The van der Waals surface area contributed by atoms with Crippen molar-refractivity contribution in [2.45, 2.75) is 19.2 Å². The summed E-state index contributed by atoms with van der Waals surface area (Å²) < 4.78 is 7.18. The number of aromatic nitrogens is 1. The van der Waals surface area contributed by atoms with E-state index in [1.807, 2.05) is 30.6 Å². The van der Waals surface area contributed by atoms with Crippen LogP contribution in [0.4, 0.5) is 0 Å². The molecular formula is C16H17BrN2O. The molecule has 3 nitrogen and oxygen atoms in total. The molecule has 1 atom stereocenters. The van der Waals surface area contributed by atoms with Crippen molar-refractivity contribution < 1.29 is 4.74 Å². The fraction of sp³-hybridized carbons (Fsp3) is 0.312. The maximum atomic E-state index is 6.03. The van der Waals surface area contributed by atoms with Crippen molar-refractivity contribution in [2.24, 2.45) is 0 Å². The molecule has 4 heteroatoms. The summed E-state index contributed by atoms with van der Waals surface area (Å²) in [5.41, 5.74) is 2.05. The maximum absolute atomic E-state index is 6.03. The summed E-state index contributed by atoms with van der Waals surface area (Å²) >= 11 is 3.62. The summed E-state index contributed by atoms with van der Waals surface area (Å²) in [5.74, 6) is 0. The Morgan fingerprint density at radius 2 is 2.00 bits per heavy atom. The normalized spacial score (nSPS) is 23.1. The number of rotatable bonds is 3. The van der Waals surface area contributed by atoms with E-state index in [1.165, 1.54) is 5.56 Å². The standard InChI is InChI=1S/C16H17BrN2O/c1-16(14-6-8-18-9-7-14)19(10-11-20-16)12-13-4-2-3-5-15(13)17/h2-9H,10-12H2,1H3. The van der Waals surface area contributed by atoms with E-state index in [9.17, 15) is 0 Å². The SMILES string of the molecule is CC1(c2ccncc2)OCCN1Cc1ccccc1Br. The molecule has 2 heterocycles.